The second-order valence-corrected chi connectivity index (χ2v) is 9.55. The maximum absolute atomic E-state index is 13.8. The lowest BCUT2D eigenvalue weighted by molar-refractivity contribution is -0.141. The summed E-state index contributed by atoms with van der Waals surface area (Å²) in [5.41, 5.74) is 1.32. The van der Waals surface area contributed by atoms with Gasteiger partial charge in [0.15, 0.2) is 0 Å². The van der Waals surface area contributed by atoms with E-state index in [1.807, 2.05) is 6.92 Å². The number of sulfonamides is 1. The molecule has 0 spiro atoms. The lowest BCUT2D eigenvalue weighted by Gasteiger charge is -2.25. The zero-order chi connectivity index (χ0) is 23.4. The first-order chi connectivity index (χ1) is 15.6. The topological polar surface area (TPSA) is 75.2 Å². The predicted molar refractivity (Wildman–Crippen MR) is 119 cm³/mol. The van der Waals surface area contributed by atoms with Crippen molar-refractivity contribution in [3.8, 4) is 0 Å². The van der Waals surface area contributed by atoms with Crippen LogP contribution in [0.25, 0.3) is 10.9 Å². The number of hydrogen-bond acceptors (Lipinski definition) is 5. The second kappa shape index (κ2) is 7.45. The standard InChI is InChI=1S/C23H17F3N4O2S/c1-14-4-7-16(8-5-14)33(31,32)30-13-15-6-11-20(23(24,25)26)29-22(15)28-19-10-9-18-17(21(19)30)3-2-12-27-18/h2-12H,13H2,1H3,(H,28,29). The minimum Gasteiger partial charge on any atom is -0.338 e. The second-order valence-electron chi connectivity index (χ2n) is 7.68. The lowest BCUT2D eigenvalue weighted by atomic mass is 10.1. The van der Waals surface area contributed by atoms with Crippen molar-refractivity contribution in [2.45, 2.75) is 24.5 Å². The van der Waals surface area contributed by atoms with Crippen molar-refractivity contribution < 1.29 is 21.6 Å². The molecule has 2 aromatic carbocycles. The van der Waals surface area contributed by atoms with Gasteiger partial charge in [0, 0.05) is 17.1 Å². The Bertz CT molecular complexity index is 1490. The SMILES string of the molecule is Cc1ccc(S(=O)(=O)N2Cc3ccc(C(F)(F)F)nc3Nc3ccc4ncccc4c32)cc1. The molecule has 4 aromatic rings. The van der Waals surface area contributed by atoms with E-state index in [4.69, 9.17) is 0 Å². The first-order valence-electron chi connectivity index (χ1n) is 9.96. The Morgan fingerprint density at radius 3 is 2.48 bits per heavy atom. The fraction of sp³-hybridized carbons (Fsp3) is 0.130. The molecule has 0 fully saturated rings. The Balaban J connectivity index is 1.77. The highest BCUT2D eigenvalue weighted by Crippen LogP contribution is 2.43. The first kappa shape index (κ1) is 21.2. The van der Waals surface area contributed by atoms with E-state index >= 15 is 0 Å². The van der Waals surface area contributed by atoms with Crippen LogP contribution in [0.5, 0.6) is 0 Å². The van der Waals surface area contributed by atoms with Gasteiger partial charge in [-0.05, 0) is 49.4 Å². The number of rotatable bonds is 2. The van der Waals surface area contributed by atoms with Crippen molar-refractivity contribution in [2.24, 2.45) is 0 Å². The Hall–Kier alpha value is -3.66. The van der Waals surface area contributed by atoms with Crippen molar-refractivity contribution in [2.75, 3.05) is 9.62 Å². The van der Waals surface area contributed by atoms with E-state index in [1.54, 1.807) is 42.6 Å². The number of hydrogen-bond donors (Lipinski definition) is 1. The van der Waals surface area contributed by atoms with Crippen LogP contribution in [0.3, 0.4) is 0 Å². The van der Waals surface area contributed by atoms with E-state index in [-0.39, 0.29) is 17.3 Å². The molecule has 0 unspecified atom stereocenters. The average molecular weight is 470 g/mol. The molecule has 3 heterocycles. The molecule has 0 aliphatic carbocycles. The Labute approximate surface area is 187 Å². The van der Waals surface area contributed by atoms with Crippen molar-refractivity contribution in [3.63, 3.8) is 0 Å². The van der Waals surface area contributed by atoms with Gasteiger partial charge in [-0.1, -0.05) is 23.8 Å². The third-order valence-electron chi connectivity index (χ3n) is 5.45. The van der Waals surface area contributed by atoms with E-state index in [0.29, 0.717) is 27.8 Å². The molecule has 6 nitrogen and oxygen atoms in total. The Morgan fingerprint density at radius 1 is 1.00 bits per heavy atom. The maximum Gasteiger partial charge on any atom is 0.433 e. The van der Waals surface area contributed by atoms with E-state index in [9.17, 15) is 21.6 Å². The molecule has 0 radical (unpaired) electrons. The molecule has 1 aliphatic heterocycles. The van der Waals surface area contributed by atoms with Gasteiger partial charge in [0.05, 0.1) is 28.3 Å². The summed E-state index contributed by atoms with van der Waals surface area (Å²) in [6.45, 7) is 1.64. The number of aromatic nitrogens is 2. The number of nitrogens with zero attached hydrogens (tertiary/aromatic N) is 3. The minimum absolute atomic E-state index is 0.0454. The lowest BCUT2D eigenvalue weighted by Crippen LogP contribution is -2.30. The summed E-state index contributed by atoms with van der Waals surface area (Å²) in [6.07, 6.45) is -3.05. The van der Waals surface area contributed by atoms with Gasteiger partial charge in [-0.25, -0.2) is 13.4 Å². The largest absolute Gasteiger partial charge is 0.433 e. The zero-order valence-electron chi connectivity index (χ0n) is 17.3. The molecule has 5 rings (SSSR count). The van der Waals surface area contributed by atoms with Gasteiger partial charge < -0.3 is 5.32 Å². The fourth-order valence-corrected chi connectivity index (χ4v) is 5.27. The number of halogens is 3. The van der Waals surface area contributed by atoms with E-state index in [2.05, 4.69) is 15.3 Å². The van der Waals surface area contributed by atoms with Crippen LogP contribution in [-0.4, -0.2) is 18.4 Å². The van der Waals surface area contributed by atoms with Gasteiger partial charge in [-0.15, -0.1) is 0 Å². The van der Waals surface area contributed by atoms with Crippen LogP contribution < -0.4 is 9.62 Å². The van der Waals surface area contributed by atoms with Crippen LogP contribution in [0, 0.1) is 6.92 Å². The summed E-state index contributed by atoms with van der Waals surface area (Å²) in [4.78, 5) is 8.13. The van der Waals surface area contributed by atoms with Crippen molar-refractivity contribution in [1.29, 1.82) is 0 Å². The third-order valence-corrected chi connectivity index (χ3v) is 7.21. The van der Waals surface area contributed by atoms with Crippen LogP contribution in [-0.2, 0) is 22.7 Å². The Morgan fingerprint density at radius 2 is 1.76 bits per heavy atom. The van der Waals surface area contributed by atoms with E-state index in [0.717, 1.165) is 11.6 Å². The van der Waals surface area contributed by atoms with Gasteiger partial charge in [0.2, 0.25) is 0 Å². The minimum atomic E-state index is -4.63. The quantitative estimate of drug-likeness (QED) is 0.424. The molecule has 0 atom stereocenters. The highest BCUT2D eigenvalue weighted by Gasteiger charge is 2.36. The van der Waals surface area contributed by atoms with Crippen molar-refractivity contribution in [3.05, 3.63) is 83.7 Å². The average Bonchev–Trinajstić information content (AvgIpc) is 2.95. The zero-order valence-corrected chi connectivity index (χ0v) is 18.1. The van der Waals surface area contributed by atoms with Gasteiger partial charge in [-0.3, -0.25) is 9.29 Å². The molecule has 0 bridgehead atoms. The number of benzene rings is 2. The van der Waals surface area contributed by atoms with Gasteiger partial charge in [0.25, 0.3) is 10.0 Å². The Kier molecular flexibility index (Phi) is 4.78. The van der Waals surface area contributed by atoms with Crippen LogP contribution in [0.2, 0.25) is 0 Å². The van der Waals surface area contributed by atoms with Crippen molar-refractivity contribution >= 4 is 38.1 Å². The highest BCUT2D eigenvalue weighted by molar-refractivity contribution is 7.92. The monoisotopic (exact) mass is 470 g/mol. The molecule has 33 heavy (non-hydrogen) atoms. The summed E-state index contributed by atoms with van der Waals surface area (Å²) >= 11 is 0. The molecule has 0 saturated heterocycles. The number of nitrogens with one attached hydrogen (secondary N) is 1. The van der Waals surface area contributed by atoms with Gasteiger partial charge in [-0.2, -0.15) is 13.2 Å². The first-order valence-corrected chi connectivity index (χ1v) is 11.4. The molecule has 1 aliphatic rings. The smallest absolute Gasteiger partial charge is 0.338 e. The van der Waals surface area contributed by atoms with Crippen molar-refractivity contribution in [1.82, 2.24) is 9.97 Å². The number of aryl methyl sites for hydroxylation is 1. The molecular weight excluding hydrogens is 453 g/mol. The summed E-state index contributed by atoms with van der Waals surface area (Å²) in [5.74, 6) is -0.0454. The maximum atomic E-state index is 13.8. The summed E-state index contributed by atoms with van der Waals surface area (Å²) in [7, 11) is -4.07. The molecule has 0 saturated carbocycles. The summed E-state index contributed by atoms with van der Waals surface area (Å²) in [6, 6.07) is 15.2. The molecule has 0 amide bonds. The van der Waals surface area contributed by atoms with Gasteiger partial charge in [0.1, 0.15) is 11.5 Å². The fourth-order valence-electron chi connectivity index (χ4n) is 3.79. The molecule has 2 aromatic heterocycles. The molecular formula is C23H17F3N4O2S. The van der Waals surface area contributed by atoms with Gasteiger partial charge >= 0.3 is 6.18 Å². The normalized spacial score (nSPS) is 13.8. The third kappa shape index (κ3) is 3.66. The number of alkyl halides is 3. The predicted octanol–water partition coefficient (Wildman–Crippen LogP) is 5.41. The molecule has 168 valence electrons. The molecule has 10 heteroatoms. The van der Waals surface area contributed by atoms with Crippen LogP contribution >= 0.6 is 0 Å². The summed E-state index contributed by atoms with van der Waals surface area (Å²) in [5, 5.41) is 3.47. The number of pyridine rings is 2. The van der Waals surface area contributed by atoms with Crippen LogP contribution in [0.15, 0.2) is 71.8 Å². The number of anilines is 3. The van der Waals surface area contributed by atoms with Crippen LogP contribution in [0.1, 0.15) is 16.8 Å². The van der Waals surface area contributed by atoms with Crippen LogP contribution in [0.4, 0.5) is 30.4 Å². The number of fused-ring (bicyclic) bond motifs is 4. The van der Waals surface area contributed by atoms with E-state index in [1.165, 1.54) is 22.5 Å². The summed E-state index contributed by atoms with van der Waals surface area (Å²) < 4.78 is 68.6. The molecule has 1 N–H and O–H groups in total. The van der Waals surface area contributed by atoms with E-state index < -0.39 is 21.9 Å². The highest BCUT2D eigenvalue weighted by atomic mass is 32.2.